The number of H-pyrrole nitrogens is 1. The highest BCUT2D eigenvalue weighted by Gasteiger charge is 2.10. The summed E-state index contributed by atoms with van der Waals surface area (Å²) in [7, 11) is 1.52. The number of fused-ring (bicyclic) bond motifs is 1. The summed E-state index contributed by atoms with van der Waals surface area (Å²) in [6.07, 6.45) is -0.669. The highest BCUT2D eigenvalue weighted by Crippen LogP contribution is 2.15. The van der Waals surface area contributed by atoms with Gasteiger partial charge in [0.05, 0.1) is 24.2 Å². The predicted octanol–water partition coefficient (Wildman–Crippen LogP) is 0.176. The lowest BCUT2D eigenvalue weighted by atomic mass is 10.2. The van der Waals surface area contributed by atoms with Crippen LogP contribution in [0.1, 0.15) is 13.1 Å². The minimum Gasteiger partial charge on any atom is -0.497 e. The van der Waals surface area contributed by atoms with Crippen LogP contribution in [0.3, 0.4) is 0 Å². The zero-order chi connectivity index (χ0) is 12.6. The SMILES string of the molecule is COc1ccc2c(=O)n(C(C)N)c(=O)[nH]c2c1. The van der Waals surface area contributed by atoms with Crippen LogP contribution in [-0.2, 0) is 0 Å². The fraction of sp³-hybridized carbons (Fsp3) is 0.273. The molecule has 0 saturated heterocycles. The van der Waals surface area contributed by atoms with Crippen molar-refractivity contribution in [3.05, 3.63) is 39.0 Å². The number of methoxy groups -OCH3 is 1. The predicted molar refractivity (Wildman–Crippen MR) is 64.3 cm³/mol. The second kappa shape index (κ2) is 4.06. The topological polar surface area (TPSA) is 90.1 Å². The Kier molecular flexibility index (Phi) is 2.72. The summed E-state index contributed by atoms with van der Waals surface area (Å²) in [5.41, 5.74) is 5.10. The number of benzene rings is 1. The summed E-state index contributed by atoms with van der Waals surface area (Å²) < 4.78 is 6.01. The molecular formula is C11H13N3O3. The summed E-state index contributed by atoms with van der Waals surface area (Å²) in [5.74, 6) is 0.575. The molecule has 2 aromatic rings. The summed E-state index contributed by atoms with van der Waals surface area (Å²) in [4.78, 5) is 26.3. The van der Waals surface area contributed by atoms with Gasteiger partial charge in [-0.1, -0.05) is 0 Å². The molecule has 0 spiro atoms. The van der Waals surface area contributed by atoms with E-state index in [1.165, 1.54) is 7.11 Å². The molecule has 0 aliphatic rings. The van der Waals surface area contributed by atoms with E-state index < -0.39 is 17.4 Å². The standard InChI is InChI=1S/C11H13N3O3/c1-6(12)14-10(15)8-4-3-7(17-2)5-9(8)13-11(14)16/h3-6H,12H2,1-2H3,(H,13,16). The number of nitrogens with two attached hydrogens (primary N) is 1. The lowest BCUT2D eigenvalue weighted by molar-refractivity contribution is 0.415. The first-order valence-corrected chi connectivity index (χ1v) is 5.12. The van der Waals surface area contributed by atoms with Gasteiger partial charge in [0.2, 0.25) is 0 Å². The number of hydrogen-bond acceptors (Lipinski definition) is 4. The molecule has 1 aromatic carbocycles. The molecule has 0 radical (unpaired) electrons. The third-order valence-electron chi connectivity index (χ3n) is 2.54. The lowest BCUT2D eigenvalue weighted by Gasteiger charge is -2.09. The molecule has 0 amide bonds. The van der Waals surface area contributed by atoms with Gasteiger partial charge in [-0.15, -0.1) is 0 Å². The van der Waals surface area contributed by atoms with Crippen molar-refractivity contribution in [2.24, 2.45) is 5.73 Å². The molecule has 1 atom stereocenters. The Balaban J connectivity index is 2.86. The van der Waals surface area contributed by atoms with E-state index >= 15 is 0 Å². The van der Waals surface area contributed by atoms with Crippen molar-refractivity contribution in [3.8, 4) is 5.75 Å². The number of nitrogens with zero attached hydrogens (tertiary/aromatic N) is 1. The van der Waals surface area contributed by atoms with Crippen LogP contribution < -0.4 is 21.7 Å². The smallest absolute Gasteiger partial charge is 0.330 e. The monoisotopic (exact) mass is 235 g/mol. The van der Waals surface area contributed by atoms with Crippen molar-refractivity contribution in [1.82, 2.24) is 9.55 Å². The Morgan fingerprint density at radius 3 is 2.71 bits per heavy atom. The van der Waals surface area contributed by atoms with Gasteiger partial charge in [0.1, 0.15) is 5.75 Å². The highest BCUT2D eigenvalue weighted by molar-refractivity contribution is 5.78. The second-order valence-corrected chi connectivity index (χ2v) is 3.76. The van der Waals surface area contributed by atoms with Crippen LogP contribution >= 0.6 is 0 Å². The number of ether oxygens (including phenoxy) is 1. The number of nitrogens with one attached hydrogen (secondary N) is 1. The average molecular weight is 235 g/mol. The van der Waals surface area contributed by atoms with Gasteiger partial charge in [0, 0.05) is 6.07 Å². The minimum atomic E-state index is -0.669. The average Bonchev–Trinajstić information content (AvgIpc) is 2.27. The Hall–Kier alpha value is -2.08. The third-order valence-corrected chi connectivity index (χ3v) is 2.54. The number of aromatic nitrogens is 2. The summed E-state index contributed by atoms with van der Waals surface area (Å²) >= 11 is 0. The summed E-state index contributed by atoms with van der Waals surface area (Å²) in [5, 5.41) is 0.405. The van der Waals surface area contributed by atoms with E-state index in [1.54, 1.807) is 25.1 Å². The molecular weight excluding hydrogens is 222 g/mol. The molecule has 0 bridgehead atoms. The molecule has 3 N–H and O–H groups in total. The highest BCUT2D eigenvalue weighted by atomic mass is 16.5. The first-order valence-electron chi connectivity index (χ1n) is 5.12. The van der Waals surface area contributed by atoms with Gasteiger partial charge in [0.25, 0.3) is 5.56 Å². The first-order chi connectivity index (χ1) is 8.04. The van der Waals surface area contributed by atoms with Crippen molar-refractivity contribution < 1.29 is 4.74 Å². The minimum absolute atomic E-state index is 0.401. The zero-order valence-electron chi connectivity index (χ0n) is 9.56. The molecule has 6 nitrogen and oxygen atoms in total. The van der Waals surface area contributed by atoms with Crippen LogP contribution in [0.15, 0.2) is 27.8 Å². The van der Waals surface area contributed by atoms with Gasteiger partial charge in [-0.2, -0.15) is 0 Å². The van der Waals surface area contributed by atoms with Crippen LogP contribution in [-0.4, -0.2) is 16.7 Å². The van der Waals surface area contributed by atoms with Gasteiger partial charge in [-0.05, 0) is 19.1 Å². The van der Waals surface area contributed by atoms with Crippen molar-refractivity contribution >= 4 is 10.9 Å². The van der Waals surface area contributed by atoms with Crippen molar-refractivity contribution in [1.29, 1.82) is 0 Å². The number of rotatable bonds is 2. The van der Waals surface area contributed by atoms with E-state index in [2.05, 4.69) is 4.98 Å². The van der Waals surface area contributed by atoms with E-state index in [0.717, 1.165) is 4.57 Å². The maximum atomic E-state index is 12.0. The van der Waals surface area contributed by atoms with Gasteiger partial charge in [-0.3, -0.25) is 4.79 Å². The molecule has 1 aromatic heterocycles. The third kappa shape index (κ3) is 1.83. The molecule has 1 heterocycles. The molecule has 90 valence electrons. The first kappa shape index (κ1) is 11.4. The Labute approximate surface area is 96.6 Å². The largest absolute Gasteiger partial charge is 0.497 e. The van der Waals surface area contributed by atoms with E-state index in [0.29, 0.717) is 16.7 Å². The van der Waals surface area contributed by atoms with Gasteiger partial charge in [-0.25, -0.2) is 9.36 Å². The summed E-state index contributed by atoms with van der Waals surface area (Å²) in [6.45, 7) is 1.58. The second-order valence-electron chi connectivity index (χ2n) is 3.76. The molecule has 17 heavy (non-hydrogen) atoms. The van der Waals surface area contributed by atoms with E-state index in [1.807, 2.05) is 0 Å². The quantitative estimate of drug-likeness (QED) is 0.776. The Bertz CT molecular complexity index is 670. The van der Waals surface area contributed by atoms with E-state index in [-0.39, 0.29) is 0 Å². The molecule has 1 unspecified atom stereocenters. The van der Waals surface area contributed by atoms with Crippen molar-refractivity contribution in [2.75, 3.05) is 7.11 Å². The van der Waals surface area contributed by atoms with Gasteiger partial charge < -0.3 is 15.5 Å². The molecule has 6 heteroatoms. The van der Waals surface area contributed by atoms with Crippen molar-refractivity contribution in [2.45, 2.75) is 13.1 Å². The lowest BCUT2D eigenvalue weighted by Crippen LogP contribution is -2.40. The Morgan fingerprint density at radius 1 is 1.41 bits per heavy atom. The zero-order valence-corrected chi connectivity index (χ0v) is 9.56. The van der Waals surface area contributed by atoms with Crippen LogP contribution in [0.4, 0.5) is 0 Å². The maximum Gasteiger partial charge on any atom is 0.330 e. The summed E-state index contributed by atoms with van der Waals surface area (Å²) in [6, 6.07) is 4.86. The molecule has 2 rings (SSSR count). The normalized spacial score (nSPS) is 12.6. The van der Waals surface area contributed by atoms with Gasteiger partial charge in [0.15, 0.2) is 0 Å². The fourth-order valence-corrected chi connectivity index (χ4v) is 1.71. The number of aromatic amines is 1. The molecule has 0 aliphatic carbocycles. The number of hydrogen-bond donors (Lipinski definition) is 2. The van der Waals surface area contributed by atoms with Crippen LogP contribution in [0.25, 0.3) is 10.9 Å². The fourth-order valence-electron chi connectivity index (χ4n) is 1.71. The van der Waals surface area contributed by atoms with Crippen LogP contribution in [0, 0.1) is 0 Å². The molecule has 0 saturated carbocycles. The van der Waals surface area contributed by atoms with Gasteiger partial charge >= 0.3 is 5.69 Å². The van der Waals surface area contributed by atoms with E-state index in [4.69, 9.17) is 10.5 Å². The van der Waals surface area contributed by atoms with Crippen LogP contribution in [0.5, 0.6) is 5.75 Å². The molecule has 0 aliphatic heterocycles. The van der Waals surface area contributed by atoms with Crippen molar-refractivity contribution in [3.63, 3.8) is 0 Å². The molecule has 0 fully saturated rings. The maximum absolute atomic E-state index is 12.0. The van der Waals surface area contributed by atoms with E-state index in [9.17, 15) is 9.59 Å². The Morgan fingerprint density at radius 2 is 2.12 bits per heavy atom. The van der Waals surface area contributed by atoms with Crippen LogP contribution in [0.2, 0.25) is 0 Å².